The molecule has 0 saturated carbocycles. The van der Waals surface area contributed by atoms with Gasteiger partial charge in [-0.2, -0.15) is 0 Å². The first kappa shape index (κ1) is 28.8. The van der Waals surface area contributed by atoms with Gasteiger partial charge in [-0.15, -0.1) is 0 Å². The minimum atomic E-state index is -0.524. The molecule has 0 atom stereocenters. The maximum atomic E-state index is 10.3. The van der Waals surface area contributed by atoms with Crippen molar-refractivity contribution in [1.29, 1.82) is 0 Å². The van der Waals surface area contributed by atoms with Crippen LogP contribution in [0.3, 0.4) is 0 Å². The van der Waals surface area contributed by atoms with E-state index in [0.29, 0.717) is 0 Å². The van der Waals surface area contributed by atoms with Gasteiger partial charge in [-0.1, -0.05) is 182 Å². The molecule has 6 aromatic rings. The van der Waals surface area contributed by atoms with Crippen LogP contribution >= 0.6 is 0 Å². The Hall–Kier alpha value is -4.76. The molecule has 0 aliphatic carbocycles. The van der Waals surface area contributed by atoms with Crippen LogP contribution in [-0.4, -0.2) is 23.4 Å². The number of benzene rings is 6. The number of hydrogen-bond acceptors (Lipinski definition) is 2. The molecular formula is C40H36O2. The van der Waals surface area contributed by atoms with Crippen molar-refractivity contribution in [2.24, 2.45) is 0 Å². The van der Waals surface area contributed by atoms with Gasteiger partial charge in [0.2, 0.25) is 0 Å². The van der Waals surface area contributed by atoms with Crippen LogP contribution in [0.1, 0.15) is 33.4 Å². The minimum absolute atomic E-state index is 0.0328. The van der Waals surface area contributed by atoms with E-state index in [1.807, 2.05) is 109 Å². The maximum absolute atomic E-state index is 10.3. The highest BCUT2D eigenvalue weighted by molar-refractivity contribution is 5.51. The largest absolute Gasteiger partial charge is 0.395 e. The summed E-state index contributed by atoms with van der Waals surface area (Å²) in [7, 11) is 0. The summed E-state index contributed by atoms with van der Waals surface area (Å²) in [5, 5.41) is 20.7. The van der Waals surface area contributed by atoms with E-state index >= 15 is 0 Å². The zero-order chi connectivity index (χ0) is 29.1. The molecular weight excluding hydrogens is 512 g/mol. The van der Waals surface area contributed by atoms with E-state index in [1.165, 1.54) is 0 Å². The van der Waals surface area contributed by atoms with Crippen molar-refractivity contribution in [1.82, 2.24) is 0 Å². The van der Waals surface area contributed by atoms with Crippen molar-refractivity contribution in [2.45, 2.75) is 10.8 Å². The second kappa shape index (κ2) is 13.7. The zero-order valence-electron chi connectivity index (χ0n) is 23.6. The SMILES string of the molecule is OCC(c1ccccc1)(c1ccccc1)c1ccccc1.OCC(c1ccccc1)(c1ccccc1)c1ccccc1. The van der Waals surface area contributed by atoms with Gasteiger partial charge < -0.3 is 10.2 Å². The van der Waals surface area contributed by atoms with Gasteiger partial charge in [0.15, 0.2) is 0 Å². The van der Waals surface area contributed by atoms with Crippen LogP contribution in [0.4, 0.5) is 0 Å². The average Bonchev–Trinajstić information content (AvgIpc) is 3.09. The standard InChI is InChI=1S/2C20H18O/c2*21-16-20(17-10-4-1-5-11-17,18-12-6-2-7-13-18)19-14-8-3-9-15-19/h2*1-15,21H,16H2. The lowest BCUT2D eigenvalue weighted by Crippen LogP contribution is -2.33. The van der Waals surface area contributed by atoms with Gasteiger partial charge in [-0.05, 0) is 33.4 Å². The first-order chi connectivity index (χ1) is 20.8. The Bertz CT molecular complexity index is 1280. The van der Waals surface area contributed by atoms with Crippen molar-refractivity contribution in [3.8, 4) is 0 Å². The third kappa shape index (κ3) is 5.69. The molecule has 0 radical (unpaired) electrons. The van der Waals surface area contributed by atoms with Crippen molar-refractivity contribution in [3.63, 3.8) is 0 Å². The Morgan fingerprint density at radius 2 is 0.405 bits per heavy atom. The molecule has 2 nitrogen and oxygen atoms in total. The van der Waals surface area contributed by atoms with Crippen molar-refractivity contribution in [2.75, 3.05) is 13.2 Å². The van der Waals surface area contributed by atoms with Crippen LogP contribution in [0, 0.1) is 0 Å². The monoisotopic (exact) mass is 548 g/mol. The Labute approximate surface area is 249 Å². The van der Waals surface area contributed by atoms with E-state index < -0.39 is 10.8 Å². The lowest BCUT2D eigenvalue weighted by molar-refractivity contribution is 0.242. The molecule has 0 unspecified atom stereocenters. The molecule has 0 aliphatic heterocycles. The average molecular weight is 549 g/mol. The molecule has 42 heavy (non-hydrogen) atoms. The fourth-order valence-corrected chi connectivity index (χ4v) is 5.88. The number of aliphatic hydroxyl groups excluding tert-OH is 2. The van der Waals surface area contributed by atoms with Crippen LogP contribution in [0.15, 0.2) is 182 Å². The molecule has 0 bridgehead atoms. The smallest absolute Gasteiger partial charge is 0.0682 e. The highest BCUT2D eigenvalue weighted by Gasteiger charge is 2.36. The molecule has 0 spiro atoms. The maximum Gasteiger partial charge on any atom is 0.0682 e. The lowest BCUT2D eigenvalue weighted by Gasteiger charge is -2.34. The van der Waals surface area contributed by atoms with Gasteiger partial charge in [0.25, 0.3) is 0 Å². The second-order valence-corrected chi connectivity index (χ2v) is 10.3. The van der Waals surface area contributed by atoms with E-state index in [0.717, 1.165) is 33.4 Å². The fraction of sp³-hybridized carbons (Fsp3) is 0.100. The van der Waals surface area contributed by atoms with Gasteiger partial charge in [-0.25, -0.2) is 0 Å². The molecule has 2 N–H and O–H groups in total. The van der Waals surface area contributed by atoms with Crippen molar-refractivity contribution in [3.05, 3.63) is 215 Å². The topological polar surface area (TPSA) is 40.5 Å². The molecule has 0 aliphatic rings. The molecule has 0 fully saturated rings. The predicted molar refractivity (Wildman–Crippen MR) is 173 cm³/mol. The van der Waals surface area contributed by atoms with Crippen LogP contribution < -0.4 is 0 Å². The molecule has 208 valence electrons. The third-order valence-electron chi connectivity index (χ3n) is 8.07. The van der Waals surface area contributed by atoms with Crippen LogP contribution in [0.5, 0.6) is 0 Å². The first-order valence-corrected chi connectivity index (χ1v) is 14.3. The highest BCUT2D eigenvalue weighted by Crippen LogP contribution is 2.39. The van der Waals surface area contributed by atoms with E-state index in [4.69, 9.17) is 0 Å². The summed E-state index contributed by atoms with van der Waals surface area (Å²) < 4.78 is 0. The Morgan fingerprint density at radius 3 is 0.524 bits per heavy atom. The van der Waals surface area contributed by atoms with Gasteiger partial charge in [0.1, 0.15) is 0 Å². The zero-order valence-corrected chi connectivity index (χ0v) is 23.6. The number of hydrogen-bond donors (Lipinski definition) is 2. The van der Waals surface area contributed by atoms with Crippen molar-refractivity contribution < 1.29 is 10.2 Å². The molecule has 6 aromatic carbocycles. The minimum Gasteiger partial charge on any atom is -0.395 e. The molecule has 0 saturated heterocycles. The van der Waals surface area contributed by atoms with Crippen LogP contribution in [-0.2, 0) is 10.8 Å². The summed E-state index contributed by atoms with van der Waals surface area (Å²) in [6.45, 7) is 0.0656. The summed E-state index contributed by atoms with van der Waals surface area (Å²) in [5.41, 5.74) is 5.56. The van der Waals surface area contributed by atoms with Crippen LogP contribution in [0.2, 0.25) is 0 Å². The number of aliphatic hydroxyl groups is 2. The van der Waals surface area contributed by atoms with Gasteiger partial charge in [0, 0.05) is 0 Å². The molecule has 2 heteroatoms. The van der Waals surface area contributed by atoms with E-state index in [2.05, 4.69) is 72.8 Å². The lowest BCUT2D eigenvalue weighted by atomic mass is 9.70. The molecule has 6 rings (SSSR count). The third-order valence-corrected chi connectivity index (χ3v) is 8.07. The summed E-state index contributed by atoms with van der Waals surface area (Å²) >= 11 is 0. The van der Waals surface area contributed by atoms with Gasteiger partial charge >= 0.3 is 0 Å². The molecule has 0 aromatic heterocycles. The fourth-order valence-electron chi connectivity index (χ4n) is 5.88. The summed E-state index contributed by atoms with van der Waals surface area (Å²) in [6, 6.07) is 61.2. The summed E-state index contributed by atoms with van der Waals surface area (Å²) in [4.78, 5) is 0. The van der Waals surface area contributed by atoms with E-state index in [1.54, 1.807) is 0 Å². The van der Waals surface area contributed by atoms with E-state index in [9.17, 15) is 10.2 Å². The number of rotatable bonds is 8. The Balaban J connectivity index is 0.000000168. The predicted octanol–water partition coefficient (Wildman–Crippen LogP) is 8.03. The molecule has 0 heterocycles. The first-order valence-electron chi connectivity index (χ1n) is 14.3. The Morgan fingerprint density at radius 1 is 0.262 bits per heavy atom. The summed E-state index contributed by atoms with van der Waals surface area (Å²) in [5.74, 6) is 0. The van der Waals surface area contributed by atoms with Crippen LogP contribution in [0.25, 0.3) is 0 Å². The highest BCUT2D eigenvalue weighted by atomic mass is 16.3. The quantitative estimate of drug-likeness (QED) is 0.189. The van der Waals surface area contributed by atoms with Crippen molar-refractivity contribution >= 4 is 0 Å². The van der Waals surface area contributed by atoms with Gasteiger partial charge in [-0.3, -0.25) is 0 Å². The Kier molecular flexibility index (Phi) is 9.41. The molecule has 0 amide bonds. The second-order valence-electron chi connectivity index (χ2n) is 10.3. The summed E-state index contributed by atoms with van der Waals surface area (Å²) in [6.07, 6.45) is 0. The normalized spacial score (nSPS) is 11.3. The van der Waals surface area contributed by atoms with E-state index in [-0.39, 0.29) is 13.2 Å². The van der Waals surface area contributed by atoms with Gasteiger partial charge in [0.05, 0.1) is 24.0 Å².